The number of hydrogen-bond acceptors (Lipinski definition) is 5. The van der Waals surface area contributed by atoms with Gasteiger partial charge in [-0.1, -0.05) is 5.21 Å². The van der Waals surface area contributed by atoms with Gasteiger partial charge in [-0.25, -0.2) is 13.9 Å². The molecule has 1 aromatic heterocycles. The van der Waals surface area contributed by atoms with E-state index in [0.29, 0.717) is 11.3 Å². The second-order valence-electron chi connectivity index (χ2n) is 4.79. The molecule has 0 bridgehead atoms. The van der Waals surface area contributed by atoms with Crippen molar-refractivity contribution in [3.8, 4) is 17.1 Å². The minimum Gasteiger partial charge on any atom is -0.389 e. The van der Waals surface area contributed by atoms with Gasteiger partial charge in [0.05, 0.1) is 0 Å². The Morgan fingerprint density at radius 1 is 1.45 bits per heavy atom. The lowest BCUT2D eigenvalue weighted by Gasteiger charge is -2.18. The summed E-state index contributed by atoms with van der Waals surface area (Å²) in [5.74, 6) is -0.740. The van der Waals surface area contributed by atoms with E-state index in [2.05, 4.69) is 15.6 Å². The molecule has 3 rings (SSSR count). The topological polar surface area (TPSA) is 112 Å². The monoisotopic (exact) mass is 305 g/mol. The molecule has 1 aliphatic rings. The highest BCUT2D eigenvalue weighted by Gasteiger charge is 2.25. The van der Waals surface area contributed by atoms with Crippen LogP contribution in [0.2, 0.25) is 0 Å². The van der Waals surface area contributed by atoms with E-state index in [1.54, 1.807) is 6.07 Å². The Bertz CT molecular complexity index is 786. The summed E-state index contributed by atoms with van der Waals surface area (Å²) < 4.78 is 20.7. The predicted octanol–water partition coefficient (Wildman–Crippen LogP) is 0.963. The van der Waals surface area contributed by atoms with E-state index in [9.17, 15) is 14.0 Å². The van der Waals surface area contributed by atoms with Gasteiger partial charge in [0.25, 0.3) is 5.88 Å². The van der Waals surface area contributed by atoms with Crippen molar-refractivity contribution in [3.63, 3.8) is 0 Å². The number of rotatable bonds is 2. The second-order valence-corrected chi connectivity index (χ2v) is 4.79. The van der Waals surface area contributed by atoms with Gasteiger partial charge in [0.15, 0.2) is 5.69 Å². The number of carbonyl (C=O) groups excluding carboxylic acids is 2. The molecule has 0 unspecified atom stereocenters. The lowest BCUT2D eigenvalue weighted by molar-refractivity contribution is -0.116. The number of benzene rings is 1. The summed E-state index contributed by atoms with van der Waals surface area (Å²) in [4.78, 5) is 22.3. The Hall–Kier alpha value is -2.97. The van der Waals surface area contributed by atoms with Gasteiger partial charge in [0.1, 0.15) is 5.82 Å². The van der Waals surface area contributed by atoms with Gasteiger partial charge < -0.3 is 15.8 Å². The number of nitrogens with two attached hydrogens (primary N) is 1. The number of fused-ring (bicyclic) bond motifs is 1. The van der Waals surface area contributed by atoms with E-state index in [-0.39, 0.29) is 35.9 Å². The van der Waals surface area contributed by atoms with Crippen LogP contribution in [0.4, 0.5) is 14.9 Å². The molecule has 114 valence electrons. The fourth-order valence-corrected chi connectivity index (χ4v) is 2.34. The van der Waals surface area contributed by atoms with Crippen LogP contribution in [0.15, 0.2) is 12.1 Å². The van der Waals surface area contributed by atoms with Crippen LogP contribution in [-0.2, 0) is 18.3 Å². The smallest absolute Gasteiger partial charge is 0.389 e. The van der Waals surface area contributed by atoms with Crippen molar-refractivity contribution in [1.29, 1.82) is 0 Å². The van der Waals surface area contributed by atoms with Crippen molar-refractivity contribution < 1.29 is 18.7 Å². The Kier molecular flexibility index (Phi) is 3.24. The van der Waals surface area contributed by atoms with E-state index >= 15 is 0 Å². The van der Waals surface area contributed by atoms with E-state index in [0.717, 1.165) is 0 Å². The van der Waals surface area contributed by atoms with Crippen LogP contribution in [-0.4, -0.2) is 27.0 Å². The zero-order valence-corrected chi connectivity index (χ0v) is 11.6. The molecule has 2 aromatic rings. The van der Waals surface area contributed by atoms with Crippen molar-refractivity contribution in [3.05, 3.63) is 23.5 Å². The van der Waals surface area contributed by atoms with Gasteiger partial charge in [-0.3, -0.25) is 4.79 Å². The number of amides is 2. The van der Waals surface area contributed by atoms with Crippen molar-refractivity contribution in [2.45, 2.75) is 12.8 Å². The average molecular weight is 305 g/mol. The number of halogens is 1. The summed E-state index contributed by atoms with van der Waals surface area (Å²) >= 11 is 0. The molecule has 0 aliphatic carbocycles. The van der Waals surface area contributed by atoms with E-state index in [4.69, 9.17) is 10.5 Å². The number of hydrogen-bond donors (Lipinski definition) is 2. The molecule has 0 saturated heterocycles. The lowest BCUT2D eigenvalue weighted by Crippen LogP contribution is -2.20. The van der Waals surface area contributed by atoms with Crippen LogP contribution in [0.3, 0.4) is 0 Å². The molecular formula is C13H12FN5O3. The minimum absolute atomic E-state index is 0.0498. The van der Waals surface area contributed by atoms with Gasteiger partial charge in [-0.05, 0) is 18.6 Å². The molecular weight excluding hydrogens is 293 g/mol. The van der Waals surface area contributed by atoms with Crippen LogP contribution in [0.25, 0.3) is 11.3 Å². The number of carbonyl (C=O) groups is 2. The molecule has 0 fully saturated rings. The summed E-state index contributed by atoms with van der Waals surface area (Å²) in [7, 11) is 1.49. The van der Waals surface area contributed by atoms with Gasteiger partial charge >= 0.3 is 6.09 Å². The molecule has 0 spiro atoms. The van der Waals surface area contributed by atoms with Crippen LogP contribution in [0, 0.1) is 5.82 Å². The maximum atomic E-state index is 14.7. The van der Waals surface area contributed by atoms with Gasteiger partial charge in [-0.15, -0.1) is 5.10 Å². The highest BCUT2D eigenvalue weighted by Crippen LogP contribution is 2.35. The van der Waals surface area contributed by atoms with Gasteiger partial charge in [-0.2, -0.15) is 0 Å². The fraction of sp³-hybridized carbons (Fsp3) is 0.231. The molecule has 3 N–H and O–H groups in total. The largest absolute Gasteiger partial charge is 0.411 e. The maximum Gasteiger partial charge on any atom is 0.411 e. The summed E-state index contributed by atoms with van der Waals surface area (Å²) in [6.45, 7) is 0. The molecule has 2 heterocycles. The number of primary amides is 1. The Morgan fingerprint density at radius 3 is 2.95 bits per heavy atom. The van der Waals surface area contributed by atoms with Crippen molar-refractivity contribution in [2.24, 2.45) is 12.8 Å². The fourth-order valence-electron chi connectivity index (χ4n) is 2.34. The molecule has 8 nitrogen and oxygen atoms in total. The van der Waals surface area contributed by atoms with Crippen LogP contribution >= 0.6 is 0 Å². The molecule has 22 heavy (non-hydrogen) atoms. The number of ether oxygens (including phenoxy) is 1. The lowest BCUT2D eigenvalue weighted by atomic mass is 9.98. The first kappa shape index (κ1) is 14.0. The third-order valence-electron chi connectivity index (χ3n) is 3.35. The quantitative estimate of drug-likeness (QED) is 0.858. The summed E-state index contributed by atoms with van der Waals surface area (Å²) in [5.41, 5.74) is 6.00. The van der Waals surface area contributed by atoms with Crippen LogP contribution < -0.4 is 15.8 Å². The zero-order valence-electron chi connectivity index (χ0n) is 11.6. The van der Waals surface area contributed by atoms with Crippen molar-refractivity contribution in [1.82, 2.24) is 15.0 Å². The van der Waals surface area contributed by atoms with Gasteiger partial charge in [0, 0.05) is 30.3 Å². The standard InChI is InChI=1S/C13H12FN5O3/c1-19-12(22-13(15)21)11(17-18-19)7-2-4-8-6(10(7)14)3-5-9(20)16-8/h2,4H,3,5H2,1H3,(H2,15,21)(H,16,20). The van der Waals surface area contributed by atoms with Crippen molar-refractivity contribution in [2.75, 3.05) is 5.32 Å². The Morgan fingerprint density at radius 2 is 2.23 bits per heavy atom. The molecule has 0 radical (unpaired) electrons. The molecule has 1 aliphatic heterocycles. The first-order valence-corrected chi connectivity index (χ1v) is 6.46. The minimum atomic E-state index is -1.04. The van der Waals surface area contributed by atoms with Crippen LogP contribution in [0.1, 0.15) is 12.0 Å². The number of aryl methyl sites for hydroxylation is 1. The number of nitrogens with zero attached hydrogens (tertiary/aromatic N) is 3. The second kappa shape index (κ2) is 5.10. The molecule has 2 amide bonds. The highest BCUT2D eigenvalue weighted by molar-refractivity contribution is 5.94. The van der Waals surface area contributed by atoms with Crippen molar-refractivity contribution >= 4 is 17.7 Å². The molecule has 0 saturated carbocycles. The first-order valence-electron chi connectivity index (χ1n) is 6.46. The number of anilines is 1. The molecule has 1 aromatic carbocycles. The SMILES string of the molecule is Cn1nnc(-c2ccc3c(c2F)CCC(=O)N3)c1OC(N)=O. The third-order valence-corrected chi connectivity index (χ3v) is 3.35. The Balaban J connectivity index is 2.10. The van der Waals surface area contributed by atoms with Crippen LogP contribution in [0.5, 0.6) is 5.88 Å². The summed E-state index contributed by atoms with van der Waals surface area (Å²) in [5, 5.41) is 10.1. The first-order chi connectivity index (χ1) is 10.5. The third kappa shape index (κ3) is 2.26. The molecule has 0 atom stereocenters. The normalized spacial score (nSPS) is 13.5. The number of nitrogens with one attached hydrogen (secondary N) is 1. The summed E-state index contributed by atoms with van der Waals surface area (Å²) in [6.07, 6.45) is -0.553. The van der Waals surface area contributed by atoms with E-state index in [1.807, 2.05) is 0 Å². The van der Waals surface area contributed by atoms with E-state index < -0.39 is 11.9 Å². The maximum absolute atomic E-state index is 14.7. The van der Waals surface area contributed by atoms with Gasteiger partial charge in [0.2, 0.25) is 5.91 Å². The predicted molar refractivity (Wildman–Crippen MR) is 73.6 cm³/mol. The Labute approximate surface area is 124 Å². The highest BCUT2D eigenvalue weighted by atomic mass is 19.1. The number of aromatic nitrogens is 3. The summed E-state index contributed by atoms with van der Waals surface area (Å²) in [6, 6.07) is 3.02. The molecule has 9 heteroatoms. The average Bonchev–Trinajstić information content (AvgIpc) is 2.80. The van der Waals surface area contributed by atoms with E-state index in [1.165, 1.54) is 17.8 Å². The zero-order chi connectivity index (χ0) is 15.9.